The van der Waals surface area contributed by atoms with Gasteiger partial charge in [0, 0.05) is 17.6 Å². The van der Waals surface area contributed by atoms with Gasteiger partial charge in [-0.25, -0.2) is 5.43 Å². The largest absolute Gasteiger partial charge is 0.352 e. The van der Waals surface area contributed by atoms with Crippen LogP contribution in [0.4, 0.5) is 0 Å². The van der Waals surface area contributed by atoms with E-state index in [0.717, 1.165) is 15.6 Å². The Morgan fingerprint density at radius 3 is 2.78 bits per heavy atom. The van der Waals surface area contributed by atoms with Gasteiger partial charge in [0.05, 0.1) is 12.0 Å². The van der Waals surface area contributed by atoms with Gasteiger partial charge in [0.25, 0.3) is 0 Å². The van der Waals surface area contributed by atoms with Crippen molar-refractivity contribution in [3.05, 3.63) is 69.7 Å². The number of hydrogen-bond acceptors (Lipinski definition) is 3. The highest BCUT2D eigenvalue weighted by molar-refractivity contribution is 9.10. The Labute approximate surface area is 144 Å². The molecule has 3 rings (SSSR count). The molecule has 2 aromatic carbocycles. The lowest BCUT2D eigenvalue weighted by Gasteiger charge is -2.19. The van der Waals surface area contributed by atoms with Crippen molar-refractivity contribution in [1.29, 1.82) is 0 Å². The fourth-order valence-corrected chi connectivity index (χ4v) is 3.11. The summed E-state index contributed by atoms with van der Waals surface area (Å²) in [6.45, 7) is 3.24. The fourth-order valence-electron chi connectivity index (χ4n) is 2.84. The molecule has 0 spiro atoms. The van der Waals surface area contributed by atoms with E-state index in [0.29, 0.717) is 13.1 Å². The van der Waals surface area contributed by atoms with Crippen LogP contribution in [0.3, 0.4) is 0 Å². The summed E-state index contributed by atoms with van der Waals surface area (Å²) in [6, 6.07) is 16.3. The monoisotopic (exact) mass is 373 g/mol. The maximum absolute atomic E-state index is 12.6. The molecule has 0 aromatic heterocycles. The average molecular weight is 374 g/mol. The summed E-state index contributed by atoms with van der Waals surface area (Å²) in [6.07, 6.45) is 0. The maximum Gasteiger partial charge on any atom is 0.226 e. The third-order valence-corrected chi connectivity index (χ3v) is 4.63. The quantitative estimate of drug-likeness (QED) is 0.772. The molecule has 1 aliphatic rings. The second kappa shape index (κ2) is 7.25. The van der Waals surface area contributed by atoms with Crippen molar-refractivity contribution < 1.29 is 4.79 Å². The molecule has 1 aliphatic heterocycles. The molecule has 3 N–H and O–H groups in total. The zero-order valence-corrected chi connectivity index (χ0v) is 14.6. The van der Waals surface area contributed by atoms with Crippen LogP contribution in [0, 0.1) is 12.8 Å². The molecule has 0 aliphatic carbocycles. The van der Waals surface area contributed by atoms with E-state index < -0.39 is 0 Å². The summed E-state index contributed by atoms with van der Waals surface area (Å²) < 4.78 is 1.04. The third-order valence-electron chi connectivity index (χ3n) is 4.10. The summed E-state index contributed by atoms with van der Waals surface area (Å²) in [5.41, 5.74) is 9.76. The number of rotatable bonds is 4. The van der Waals surface area contributed by atoms with E-state index in [9.17, 15) is 4.79 Å². The molecule has 5 heteroatoms. The van der Waals surface area contributed by atoms with Crippen LogP contribution in [0.1, 0.15) is 22.7 Å². The van der Waals surface area contributed by atoms with Crippen LogP contribution < -0.4 is 16.2 Å². The maximum atomic E-state index is 12.6. The first-order valence-electron chi connectivity index (χ1n) is 7.70. The van der Waals surface area contributed by atoms with E-state index in [4.69, 9.17) is 0 Å². The van der Waals surface area contributed by atoms with Gasteiger partial charge in [0.1, 0.15) is 0 Å². The Bertz CT molecular complexity index is 687. The molecule has 4 nitrogen and oxygen atoms in total. The molecule has 1 saturated heterocycles. The topological polar surface area (TPSA) is 53.2 Å². The van der Waals surface area contributed by atoms with Gasteiger partial charge in [0.15, 0.2) is 0 Å². The molecule has 2 atom stereocenters. The van der Waals surface area contributed by atoms with Crippen LogP contribution in [-0.4, -0.2) is 12.5 Å². The molecule has 1 heterocycles. The summed E-state index contributed by atoms with van der Waals surface area (Å²) in [5, 5.41) is 3.04. The molecule has 23 heavy (non-hydrogen) atoms. The van der Waals surface area contributed by atoms with Crippen LogP contribution in [0.5, 0.6) is 0 Å². The highest BCUT2D eigenvalue weighted by Crippen LogP contribution is 2.25. The molecule has 120 valence electrons. The van der Waals surface area contributed by atoms with Gasteiger partial charge in [-0.05, 0) is 30.2 Å². The van der Waals surface area contributed by atoms with Gasteiger partial charge in [-0.2, -0.15) is 0 Å². The molecule has 1 amide bonds. The molecular weight excluding hydrogens is 354 g/mol. The number of amides is 1. The van der Waals surface area contributed by atoms with E-state index in [-0.39, 0.29) is 17.9 Å². The summed E-state index contributed by atoms with van der Waals surface area (Å²) in [7, 11) is 0. The van der Waals surface area contributed by atoms with E-state index in [1.54, 1.807) is 0 Å². The van der Waals surface area contributed by atoms with E-state index >= 15 is 0 Å². The fraction of sp³-hybridized carbons (Fsp3) is 0.278. The van der Waals surface area contributed by atoms with E-state index in [1.807, 2.05) is 30.3 Å². The van der Waals surface area contributed by atoms with Crippen molar-refractivity contribution in [2.45, 2.75) is 19.5 Å². The van der Waals surface area contributed by atoms with Crippen molar-refractivity contribution in [2.24, 2.45) is 5.92 Å². The number of nitrogens with one attached hydrogen (secondary N) is 3. The minimum absolute atomic E-state index is 0.000169. The zero-order valence-electron chi connectivity index (χ0n) is 13.0. The number of hydrogen-bond donors (Lipinski definition) is 3. The molecular formula is C18H20BrN3O. The second-order valence-corrected chi connectivity index (χ2v) is 6.78. The molecule has 1 fully saturated rings. The zero-order chi connectivity index (χ0) is 16.2. The Balaban J connectivity index is 1.65. The lowest BCUT2D eigenvalue weighted by molar-refractivity contribution is -0.125. The van der Waals surface area contributed by atoms with Crippen molar-refractivity contribution >= 4 is 21.8 Å². The van der Waals surface area contributed by atoms with Crippen molar-refractivity contribution in [1.82, 2.24) is 16.2 Å². The van der Waals surface area contributed by atoms with Crippen LogP contribution >= 0.6 is 15.9 Å². The molecule has 2 aromatic rings. The van der Waals surface area contributed by atoms with E-state index in [1.165, 1.54) is 5.56 Å². The summed E-state index contributed by atoms with van der Waals surface area (Å²) in [4.78, 5) is 12.6. The minimum atomic E-state index is -0.118. The Hall–Kier alpha value is -1.69. The predicted molar refractivity (Wildman–Crippen MR) is 94.5 cm³/mol. The van der Waals surface area contributed by atoms with Gasteiger partial charge in [0.2, 0.25) is 5.91 Å². The second-order valence-electron chi connectivity index (χ2n) is 5.87. The highest BCUT2D eigenvalue weighted by atomic mass is 79.9. The Morgan fingerprint density at radius 1 is 1.26 bits per heavy atom. The lowest BCUT2D eigenvalue weighted by atomic mass is 9.93. The number of halogens is 1. The highest BCUT2D eigenvalue weighted by Gasteiger charge is 2.33. The number of hydrazine groups is 1. The van der Waals surface area contributed by atoms with Gasteiger partial charge in [-0.3, -0.25) is 10.2 Å². The van der Waals surface area contributed by atoms with Crippen LogP contribution in [0.25, 0.3) is 0 Å². The molecule has 0 bridgehead atoms. The van der Waals surface area contributed by atoms with Gasteiger partial charge < -0.3 is 5.32 Å². The first-order valence-corrected chi connectivity index (χ1v) is 8.50. The standard InChI is InChI=1S/C18H20BrN3O/c1-12-3-2-4-14(9-12)17-16(11-21-22-17)18(23)20-10-13-5-7-15(19)8-6-13/h2-9,16-17,21-22H,10-11H2,1H3,(H,20,23). The predicted octanol–water partition coefficient (Wildman–Crippen LogP) is 2.84. The average Bonchev–Trinajstić information content (AvgIpc) is 3.04. The molecule has 0 radical (unpaired) electrons. The summed E-state index contributed by atoms with van der Waals surface area (Å²) >= 11 is 3.42. The first kappa shape index (κ1) is 16.2. The Kier molecular flexibility index (Phi) is 5.10. The molecule has 2 unspecified atom stereocenters. The van der Waals surface area contributed by atoms with Crippen molar-refractivity contribution in [2.75, 3.05) is 6.54 Å². The van der Waals surface area contributed by atoms with Gasteiger partial charge >= 0.3 is 0 Å². The Morgan fingerprint density at radius 2 is 2.04 bits per heavy atom. The van der Waals surface area contributed by atoms with E-state index in [2.05, 4.69) is 57.2 Å². The first-order chi connectivity index (χ1) is 11.1. The lowest BCUT2D eigenvalue weighted by Crippen LogP contribution is -2.34. The van der Waals surface area contributed by atoms with Crippen LogP contribution in [0.15, 0.2) is 53.0 Å². The van der Waals surface area contributed by atoms with Crippen molar-refractivity contribution in [3.63, 3.8) is 0 Å². The SMILES string of the molecule is Cc1cccc(C2NNCC2C(=O)NCc2ccc(Br)cc2)c1. The number of benzene rings is 2. The normalized spacial score (nSPS) is 20.4. The number of carbonyl (C=O) groups excluding carboxylic acids is 1. The molecule has 0 saturated carbocycles. The van der Waals surface area contributed by atoms with Crippen LogP contribution in [-0.2, 0) is 11.3 Å². The minimum Gasteiger partial charge on any atom is -0.352 e. The summed E-state index contributed by atoms with van der Waals surface area (Å²) in [5.74, 6) is -0.0517. The van der Waals surface area contributed by atoms with Gasteiger partial charge in [-0.15, -0.1) is 0 Å². The number of carbonyl (C=O) groups is 1. The van der Waals surface area contributed by atoms with Crippen LogP contribution in [0.2, 0.25) is 0 Å². The van der Waals surface area contributed by atoms with Crippen molar-refractivity contribution in [3.8, 4) is 0 Å². The van der Waals surface area contributed by atoms with Gasteiger partial charge in [-0.1, -0.05) is 57.9 Å². The number of aryl methyl sites for hydroxylation is 1. The smallest absolute Gasteiger partial charge is 0.226 e. The third kappa shape index (κ3) is 3.99.